The highest BCUT2D eigenvalue weighted by Crippen LogP contribution is 2.32. The van der Waals surface area contributed by atoms with Crippen LogP contribution in [0.1, 0.15) is 11.3 Å². The molecule has 0 N–H and O–H groups in total. The van der Waals surface area contributed by atoms with E-state index in [1.807, 2.05) is 12.1 Å². The zero-order valence-electron chi connectivity index (χ0n) is 16.5. The van der Waals surface area contributed by atoms with Gasteiger partial charge in [-0.3, -0.25) is 0 Å². The summed E-state index contributed by atoms with van der Waals surface area (Å²) in [4.78, 5) is 9.21. The van der Waals surface area contributed by atoms with Crippen molar-refractivity contribution in [2.45, 2.75) is 17.9 Å². The number of benzene rings is 2. The number of halogens is 1. The summed E-state index contributed by atoms with van der Waals surface area (Å²) in [5, 5.41) is 0.646. The lowest BCUT2D eigenvalue weighted by atomic mass is 10.1. The summed E-state index contributed by atoms with van der Waals surface area (Å²) in [5.41, 5.74) is 2.51. The van der Waals surface area contributed by atoms with Crippen LogP contribution in [0.4, 0.5) is 0 Å². The van der Waals surface area contributed by atoms with Gasteiger partial charge in [-0.05, 0) is 36.4 Å². The van der Waals surface area contributed by atoms with Crippen molar-refractivity contribution in [3.05, 3.63) is 64.9 Å². The summed E-state index contributed by atoms with van der Waals surface area (Å²) in [6, 6.07) is 11.9. The fourth-order valence-corrected chi connectivity index (χ4v) is 4.92. The van der Waals surface area contributed by atoms with Crippen molar-refractivity contribution in [3.8, 4) is 22.9 Å². The Morgan fingerprint density at radius 1 is 1.03 bits per heavy atom. The molecule has 9 heteroatoms. The van der Waals surface area contributed by atoms with E-state index >= 15 is 0 Å². The Kier molecular flexibility index (Phi) is 5.64. The highest BCUT2D eigenvalue weighted by atomic mass is 35.5. The summed E-state index contributed by atoms with van der Waals surface area (Å²) in [6.07, 6.45) is 2.20. The van der Waals surface area contributed by atoms with Crippen LogP contribution in [0.3, 0.4) is 0 Å². The molecule has 1 aliphatic rings. The largest absolute Gasteiger partial charge is 0.493 e. The molecule has 0 saturated heterocycles. The molecule has 30 heavy (non-hydrogen) atoms. The first-order valence-corrected chi connectivity index (χ1v) is 11.1. The SMILES string of the molecule is COc1ccc(S(=O)(=O)N2CCc3nc(-c4ccc(Cl)cc4)ncc3C2)cc1OC. The number of ether oxygens (including phenoxy) is 2. The molecule has 1 aromatic heterocycles. The average molecular weight is 446 g/mol. The molecule has 0 bridgehead atoms. The topological polar surface area (TPSA) is 81.6 Å². The van der Waals surface area contributed by atoms with Crippen LogP contribution in [0.25, 0.3) is 11.4 Å². The van der Waals surface area contributed by atoms with Crippen molar-refractivity contribution in [1.82, 2.24) is 14.3 Å². The van der Waals surface area contributed by atoms with Crippen molar-refractivity contribution in [3.63, 3.8) is 0 Å². The molecule has 2 heterocycles. The molecule has 1 aliphatic heterocycles. The van der Waals surface area contributed by atoms with Crippen LogP contribution < -0.4 is 9.47 Å². The van der Waals surface area contributed by atoms with E-state index in [1.54, 1.807) is 24.4 Å². The lowest BCUT2D eigenvalue weighted by molar-refractivity contribution is 0.353. The maximum Gasteiger partial charge on any atom is 0.243 e. The summed E-state index contributed by atoms with van der Waals surface area (Å²) >= 11 is 5.94. The second kappa shape index (κ2) is 8.22. The highest BCUT2D eigenvalue weighted by molar-refractivity contribution is 7.89. The van der Waals surface area contributed by atoms with Crippen molar-refractivity contribution in [1.29, 1.82) is 0 Å². The third-order valence-corrected chi connectivity index (χ3v) is 7.09. The average Bonchev–Trinajstić information content (AvgIpc) is 2.78. The fourth-order valence-electron chi connectivity index (χ4n) is 3.36. The third-order valence-electron chi connectivity index (χ3n) is 4.99. The second-order valence-electron chi connectivity index (χ2n) is 6.78. The molecule has 3 aromatic rings. The molecule has 7 nitrogen and oxygen atoms in total. The summed E-state index contributed by atoms with van der Waals surface area (Å²) in [5.74, 6) is 1.44. The molecular weight excluding hydrogens is 426 g/mol. The Bertz CT molecular complexity index is 1180. The van der Waals surface area contributed by atoms with Gasteiger partial charge in [0.15, 0.2) is 17.3 Å². The lowest BCUT2D eigenvalue weighted by Gasteiger charge is -2.27. The van der Waals surface area contributed by atoms with Gasteiger partial charge in [-0.15, -0.1) is 0 Å². The van der Waals surface area contributed by atoms with E-state index in [0.717, 1.165) is 16.8 Å². The van der Waals surface area contributed by atoms with E-state index in [9.17, 15) is 8.42 Å². The molecular formula is C21H20ClN3O4S. The number of hydrogen-bond acceptors (Lipinski definition) is 6. The van der Waals surface area contributed by atoms with Gasteiger partial charge in [-0.2, -0.15) is 4.31 Å². The van der Waals surface area contributed by atoms with Gasteiger partial charge in [0.2, 0.25) is 10.0 Å². The van der Waals surface area contributed by atoms with Gasteiger partial charge >= 0.3 is 0 Å². The number of hydrogen-bond donors (Lipinski definition) is 0. The Labute approximate surface area is 180 Å². The maximum absolute atomic E-state index is 13.2. The molecule has 0 amide bonds. The standard InChI is InChI=1S/C21H20ClN3O4S/c1-28-19-8-7-17(11-20(19)29-2)30(26,27)25-10-9-18-15(13-25)12-23-21(24-18)14-3-5-16(22)6-4-14/h3-8,11-12H,9-10,13H2,1-2H3. The van der Waals surface area contributed by atoms with Crippen molar-refractivity contribution < 1.29 is 17.9 Å². The quantitative estimate of drug-likeness (QED) is 0.597. The van der Waals surface area contributed by atoms with Crippen LogP contribution in [-0.4, -0.2) is 43.5 Å². The van der Waals surface area contributed by atoms with Gasteiger partial charge < -0.3 is 9.47 Å². The summed E-state index contributed by atoms with van der Waals surface area (Å²) < 4.78 is 38.2. The molecule has 4 rings (SSSR count). The first kappa shape index (κ1) is 20.6. The van der Waals surface area contributed by atoms with Gasteiger partial charge in [0, 0.05) is 47.9 Å². The van der Waals surface area contributed by atoms with E-state index in [0.29, 0.717) is 35.3 Å². The van der Waals surface area contributed by atoms with Crippen LogP contribution in [0.5, 0.6) is 11.5 Å². The summed E-state index contributed by atoms with van der Waals surface area (Å²) in [6.45, 7) is 0.549. The van der Waals surface area contributed by atoms with Crippen LogP contribution in [-0.2, 0) is 23.0 Å². The lowest BCUT2D eigenvalue weighted by Crippen LogP contribution is -2.36. The normalized spacial score (nSPS) is 14.2. The molecule has 0 atom stereocenters. The highest BCUT2D eigenvalue weighted by Gasteiger charge is 2.30. The molecule has 0 saturated carbocycles. The van der Waals surface area contributed by atoms with E-state index in [4.69, 9.17) is 21.1 Å². The third kappa shape index (κ3) is 3.86. The minimum atomic E-state index is -3.70. The molecule has 0 unspecified atom stereocenters. The Morgan fingerprint density at radius 2 is 1.77 bits per heavy atom. The number of methoxy groups -OCH3 is 2. The van der Waals surface area contributed by atoms with Gasteiger partial charge in [-0.25, -0.2) is 18.4 Å². The first-order chi connectivity index (χ1) is 14.4. The van der Waals surface area contributed by atoms with E-state index in [-0.39, 0.29) is 11.4 Å². The van der Waals surface area contributed by atoms with Crippen LogP contribution in [0.2, 0.25) is 5.02 Å². The molecule has 156 valence electrons. The van der Waals surface area contributed by atoms with E-state index in [1.165, 1.54) is 30.7 Å². The van der Waals surface area contributed by atoms with Gasteiger partial charge in [0.25, 0.3) is 0 Å². The molecule has 0 aliphatic carbocycles. The van der Waals surface area contributed by atoms with Crippen molar-refractivity contribution in [2.75, 3.05) is 20.8 Å². The molecule has 0 radical (unpaired) electrons. The number of fused-ring (bicyclic) bond motifs is 1. The van der Waals surface area contributed by atoms with Crippen LogP contribution in [0, 0.1) is 0 Å². The van der Waals surface area contributed by atoms with Gasteiger partial charge in [0.05, 0.1) is 24.8 Å². The predicted molar refractivity (Wildman–Crippen MR) is 113 cm³/mol. The number of nitrogens with zero attached hydrogens (tertiary/aromatic N) is 3. The van der Waals surface area contributed by atoms with Gasteiger partial charge in [0.1, 0.15) is 0 Å². The molecule has 0 spiro atoms. The number of rotatable bonds is 5. The fraction of sp³-hybridized carbons (Fsp3) is 0.238. The van der Waals surface area contributed by atoms with Crippen LogP contribution >= 0.6 is 11.6 Å². The zero-order chi connectivity index (χ0) is 21.3. The van der Waals surface area contributed by atoms with Gasteiger partial charge in [-0.1, -0.05) is 11.6 Å². The second-order valence-corrected chi connectivity index (χ2v) is 9.15. The van der Waals surface area contributed by atoms with Crippen LogP contribution in [0.15, 0.2) is 53.6 Å². The Morgan fingerprint density at radius 3 is 2.47 bits per heavy atom. The smallest absolute Gasteiger partial charge is 0.243 e. The van der Waals surface area contributed by atoms with E-state index < -0.39 is 10.0 Å². The predicted octanol–water partition coefficient (Wildman–Crippen LogP) is 3.56. The monoisotopic (exact) mass is 445 g/mol. The molecule has 2 aromatic carbocycles. The van der Waals surface area contributed by atoms with E-state index in [2.05, 4.69) is 9.97 Å². The molecule has 0 fully saturated rings. The maximum atomic E-state index is 13.2. The number of sulfonamides is 1. The van der Waals surface area contributed by atoms with Crippen molar-refractivity contribution >= 4 is 21.6 Å². The first-order valence-electron chi connectivity index (χ1n) is 9.25. The van der Waals surface area contributed by atoms with Crippen molar-refractivity contribution in [2.24, 2.45) is 0 Å². The Balaban J connectivity index is 1.60. The zero-order valence-corrected chi connectivity index (χ0v) is 18.1. The summed E-state index contributed by atoms with van der Waals surface area (Å²) in [7, 11) is -0.723. The number of aromatic nitrogens is 2. The minimum Gasteiger partial charge on any atom is -0.493 e. The minimum absolute atomic E-state index is 0.155. The Hall–Kier alpha value is -2.68.